The molecule has 1 saturated carbocycles. The van der Waals surface area contributed by atoms with E-state index in [1.54, 1.807) is 29.2 Å². The first-order valence-corrected chi connectivity index (χ1v) is 9.85. The van der Waals surface area contributed by atoms with Crippen LogP contribution in [0, 0.1) is 5.92 Å². The number of halogens is 1. The van der Waals surface area contributed by atoms with Gasteiger partial charge in [-0.05, 0) is 49.9 Å². The topological polar surface area (TPSA) is 86.7 Å². The second kappa shape index (κ2) is 8.30. The predicted molar refractivity (Wildman–Crippen MR) is 102 cm³/mol. The maximum Gasteiger partial charge on any atom is 0.305 e. The molecule has 1 heterocycles. The normalized spacial score (nSPS) is 21.7. The molecule has 1 aromatic carbocycles. The van der Waals surface area contributed by atoms with Crippen molar-refractivity contribution in [1.82, 2.24) is 10.2 Å². The number of carbonyl (C=O) groups excluding carboxylic acids is 2. The van der Waals surface area contributed by atoms with E-state index in [1.165, 1.54) is 0 Å². The van der Waals surface area contributed by atoms with Gasteiger partial charge in [-0.2, -0.15) is 0 Å². The van der Waals surface area contributed by atoms with E-state index in [0.29, 0.717) is 42.9 Å². The van der Waals surface area contributed by atoms with Gasteiger partial charge in [0.1, 0.15) is 0 Å². The number of likely N-dealkylation sites (tertiary alicyclic amines) is 1. The van der Waals surface area contributed by atoms with Gasteiger partial charge in [-0.3, -0.25) is 14.4 Å². The summed E-state index contributed by atoms with van der Waals surface area (Å²) < 4.78 is 0. The van der Waals surface area contributed by atoms with Crippen LogP contribution in [-0.2, 0) is 9.59 Å². The van der Waals surface area contributed by atoms with Gasteiger partial charge in [0.05, 0.1) is 17.9 Å². The summed E-state index contributed by atoms with van der Waals surface area (Å²) in [7, 11) is 0. The minimum atomic E-state index is -0.889. The molecule has 0 aromatic heterocycles. The first kappa shape index (κ1) is 19.7. The van der Waals surface area contributed by atoms with Crippen molar-refractivity contribution in [3.05, 3.63) is 34.9 Å². The Bertz CT molecular complexity index is 713. The van der Waals surface area contributed by atoms with Gasteiger partial charge < -0.3 is 15.3 Å². The monoisotopic (exact) mass is 392 g/mol. The van der Waals surface area contributed by atoms with Crippen LogP contribution in [0.4, 0.5) is 0 Å². The van der Waals surface area contributed by atoms with E-state index >= 15 is 0 Å². The molecule has 7 heteroatoms. The van der Waals surface area contributed by atoms with Gasteiger partial charge in [-0.25, -0.2) is 0 Å². The summed E-state index contributed by atoms with van der Waals surface area (Å²) in [6.07, 6.45) is 4.68. The lowest BCUT2D eigenvalue weighted by atomic mass is 9.90. The SMILES string of the molecule is O=C(O)CC1(NC(=O)C2CCCN(C(=O)c3ccc(Cl)cc3)C2)CCCC1. The largest absolute Gasteiger partial charge is 0.481 e. The third-order valence-electron chi connectivity index (χ3n) is 5.61. The van der Waals surface area contributed by atoms with Gasteiger partial charge >= 0.3 is 5.97 Å². The van der Waals surface area contributed by atoms with Crippen molar-refractivity contribution in [3.8, 4) is 0 Å². The average Bonchev–Trinajstić information content (AvgIpc) is 3.09. The molecule has 0 bridgehead atoms. The van der Waals surface area contributed by atoms with Crippen LogP contribution in [0.3, 0.4) is 0 Å². The molecule has 1 unspecified atom stereocenters. The van der Waals surface area contributed by atoms with E-state index in [1.807, 2.05) is 0 Å². The van der Waals surface area contributed by atoms with Gasteiger partial charge in [-0.15, -0.1) is 0 Å². The van der Waals surface area contributed by atoms with E-state index in [-0.39, 0.29) is 24.2 Å². The number of nitrogens with one attached hydrogen (secondary N) is 1. The molecule has 0 radical (unpaired) electrons. The minimum Gasteiger partial charge on any atom is -0.481 e. The Hall–Kier alpha value is -2.08. The Labute approximate surface area is 163 Å². The molecule has 2 N–H and O–H groups in total. The fourth-order valence-electron chi connectivity index (χ4n) is 4.20. The van der Waals surface area contributed by atoms with E-state index < -0.39 is 11.5 Å². The van der Waals surface area contributed by atoms with Gasteiger partial charge in [0.25, 0.3) is 5.91 Å². The van der Waals surface area contributed by atoms with Crippen molar-refractivity contribution < 1.29 is 19.5 Å². The van der Waals surface area contributed by atoms with Crippen LogP contribution < -0.4 is 5.32 Å². The lowest BCUT2D eigenvalue weighted by molar-refractivity contribution is -0.139. The molecular weight excluding hydrogens is 368 g/mol. The summed E-state index contributed by atoms with van der Waals surface area (Å²) in [4.78, 5) is 38.5. The van der Waals surface area contributed by atoms with E-state index in [2.05, 4.69) is 5.32 Å². The highest BCUT2D eigenvalue weighted by molar-refractivity contribution is 6.30. The highest BCUT2D eigenvalue weighted by Gasteiger charge is 2.39. The fourth-order valence-corrected chi connectivity index (χ4v) is 4.33. The summed E-state index contributed by atoms with van der Waals surface area (Å²) in [5.41, 5.74) is -0.0793. The molecule has 146 valence electrons. The third-order valence-corrected chi connectivity index (χ3v) is 5.86. The fraction of sp³-hybridized carbons (Fsp3) is 0.550. The van der Waals surface area contributed by atoms with Crippen LogP contribution in [0.5, 0.6) is 0 Å². The number of carboxylic acids is 1. The zero-order chi connectivity index (χ0) is 19.4. The number of carboxylic acid groups (broad SMARTS) is 1. The highest BCUT2D eigenvalue weighted by Crippen LogP contribution is 2.33. The van der Waals surface area contributed by atoms with Crippen molar-refractivity contribution in [1.29, 1.82) is 0 Å². The zero-order valence-electron chi connectivity index (χ0n) is 15.2. The first-order valence-electron chi connectivity index (χ1n) is 9.47. The number of amides is 2. The second-order valence-corrected chi connectivity index (χ2v) is 8.08. The van der Waals surface area contributed by atoms with Crippen molar-refractivity contribution in [2.45, 2.75) is 50.5 Å². The summed E-state index contributed by atoms with van der Waals surface area (Å²) in [6, 6.07) is 6.74. The molecule has 1 aliphatic heterocycles. The number of rotatable bonds is 5. The van der Waals surface area contributed by atoms with E-state index in [9.17, 15) is 19.5 Å². The summed E-state index contributed by atoms with van der Waals surface area (Å²) in [5.74, 6) is -1.43. The Morgan fingerprint density at radius 3 is 2.44 bits per heavy atom. The van der Waals surface area contributed by atoms with Gasteiger partial charge in [0.15, 0.2) is 0 Å². The molecule has 6 nitrogen and oxygen atoms in total. The van der Waals surface area contributed by atoms with Gasteiger partial charge in [0, 0.05) is 23.7 Å². The molecule has 1 saturated heterocycles. The number of nitrogens with zero attached hydrogens (tertiary/aromatic N) is 1. The van der Waals surface area contributed by atoms with Crippen LogP contribution in [0.1, 0.15) is 55.3 Å². The number of hydrogen-bond acceptors (Lipinski definition) is 3. The van der Waals surface area contributed by atoms with Gasteiger partial charge in [0.2, 0.25) is 5.91 Å². The molecule has 3 rings (SSSR count). The number of hydrogen-bond donors (Lipinski definition) is 2. The van der Waals surface area contributed by atoms with E-state index in [4.69, 9.17) is 11.6 Å². The van der Waals surface area contributed by atoms with Crippen molar-refractivity contribution in [2.75, 3.05) is 13.1 Å². The second-order valence-electron chi connectivity index (χ2n) is 7.64. The number of benzene rings is 1. The maximum absolute atomic E-state index is 12.8. The van der Waals surface area contributed by atoms with Gasteiger partial charge in [-0.1, -0.05) is 24.4 Å². The van der Waals surface area contributed by atoms with Crippen LogP contribution in [0.15, 0.2) is 24.3 Å². The Morgan fingerprint density at radius 1 is 1.15 bits per heavy atom. The maximum atomic E-state index is 12.8. The van der Waals surface area contributed by atoms with Crippen molar-refractivity contribution >= 4 is 29.4 Å². The molecular formula is C20H25ClN2O4. The summed E-state index contributed by atoms with van der Waals surface area (Å²) >= 11 is 5.88. The van der Waals surface area contributed by atoms with Crippen LogP contribution >= 0.6 is 11.6 Å². The molecule has 1 atom stereocenters. The first-order chi connectivity index (χ1) is 12.9. The van der Waals surface area contributed by atoms with Crippen LogP contribution in [-0.4, -0.2) is 46.4 Å². The minimum absolute atomic E-state index is 0.0428. The lowest BCUT2D eigenvalue weighted by Gasteiger charge is -2.35. The number of piperidine rings is 1. The Balaban J connectivity index is 1.64. The van der Waals surface area contributed by atoms with Crippen molar-refractivity contribution in [3.63, 3.8) is 0 Å². The average molecular weight is 393 g/mol. The van der Waals surface area contributed by atoms with Crippen molar-refractivity contribution in [2.24, 2.45) is 5.92 Å². The molecule has 2 aliphatic rings. The summed E-state index contributed by atoms with van der Waals surface area (Å²) in [6.45, 7) is 0.974. The molecule has 1 aromatic rings. The lowest BCUT2D eigenvalue weighted by Crippen LogP contribution is -2.53. The number of aliphatic carboxylic acids is 1. The number of carbonyl (C=O) groups is 3. The third kappa shape index (κ3) is 4.80. The van der Waals surface area contributed by atoms with E-state index in [0.717, 1.165) is 19.3 Å². The molecule has 2 fully saturated rings. The predicted octanol–water partition coefficient (Wildman–Crippen LogP) is 3.10. The van der Waals surface area contributed by atoms with Crippen LogP contribution in [0.25, 0.3) is 0 Å². The molecule has 2 amide bonds. The van der Waals surface area contributed by atoms with Crippen LogP contribution in [0.2, 0.25) is 5.02 Å². The highest BCUT2D eigenvalue weighted by atomic mass is 35.5. The zero-order valence-corrected chi connectivity index (χ0v) is 16.0. The quantitative estimate of drug-likeness (QED) is 0.806. The summed E-state index contributed by atoms with van der Waals surface area (Å²) in [5, 5.41) is 12.8. The Kier molecular flexibility index (Phi) is 6.05. The Morgan fingerprint density at radius 2 is 1.81 bits per heavy atom. The molecule has 1 aliphatic carbocycles. The molecule has 27 heavy (non-hydrogen) atoms. The smallest absolute Gasteiger partial charge is 0.305 e. The molecule has 0 spiro atoms. The standard InChI is InChI=1S/C20H25ClN2O4/c21-16-7-5-14(6-8-16)19(27)23-11-3-4-15(13-23)18(26)22-20(12-17(24)25)9-1-2-10-20/h5-8,15H,1-4,9-13H2,(H,22,26)(H,24,25).